The molecule has 0 aromatic heterocycles. The number of nitrogens with zero attached hydrogens (tertiary/aromatic N) is 3. The van der Waals surface area contributed by atoms with Crippen molar-refractivity contribution in [3.63, 3.8) is 0 Å². The van der Waals surface area contributed by atoms with Gasteiger partial charge in [-0.15, -0.1) is 0 Å². The number of urea groups is 1. The highest BCUT2D eigenvalue weighted by atomic mass is 35.5. The molecule has 214 valence electrons. The fourth-order valence-corrected chi connectivity index (χ4v) is 5.36. The van der Waals surface area contributed by atoms with Crippen LogP contribution >= 0.6 is 23.2 Å². The summed E-state index contributed by atoms with van der Waals surface area (Å²) >= 11 is 12.5. The molecule has 1 saturated heterocycles. The Balaban J connectivity index is 1.70. The average Bonchev–Trinajstić information content (AvgIpc) is 3.33. The number of hydrogen-bond donors (Lipinski definition) is 1. The van der Waals surface area contributed by atoms with Crippen LogP contribution in [0.3, 0.4) is 0 Å². The van der Waals surface area contributed by atoms with E-state index >= 15 is 0 Å². The fourth-order valence-electron chi connectivity index (χ4n) is 5.10. The molecule has 0 aliphatic carbocycles. The predicted molar refractivity (Wildman–Crippen MR) is 160 cm³/mol. The van der Waals surface area contributed by atoms with E-state index in [-0.39, 0.29) is 24.6 Å². The predicted octanol–water partition coefficient (Wildman–Crippen LogP) is 6.28. The largest absolute Gasteiger partial charge is 0.494 e. The maximum absolute atomic E-state index is 14.4. The van der Waals surface area contributed by atoms with E-state index in [1.54, 1.807) is 21.9 Å². The second-order valence-electron chi connectivity index (χ2n) is 10.1. The minimum absolute atomic E-state index is 0.0415. The Hall–Kier alpha value is -3.75. The Morgan fingerprint density at radius 3 is 2.29 bits per heavy atom. The number of carbonyl (C=O) groups is 2. The van der Waals surface area contributed by atoms with Crippen LogP contribution in [-0.4, -0.2) is 59.9 Å². The third-order valence-electron chi connectivity index (χ3n) is 6.87. The number of carbonyl (C=O) groups excluding carboxylic acids is 2. The molecule has 2 aliphatic heterocycles. The lowest BCUT2D eigenvalue weighted by Crippen LogP contribution is -2.55. The van der Waals surface area contributed by atoms with Crippen molar-refractivity contribution in [3.05, 3.63) is 93.5 Å². The van der Waals surface area contributed by atoms with Crippen molar-refractivity contribution in [2.24, 2.45) is 4.99 Å². The molecule has 2 atom stereocenters. The molecule has 2 heterocycles. The summed E-state index contributed by atoms with van der Waals surface area (Å²) in [6.45, 7) is 7.01. The molecule has 10 heteroatoms. The zero-order valence-electron chi connectivity index (χ0n) is 23.1. The van der Waals surface area contributed by atoms with Crippen molar-refractivity contribution < 1.29 is 19.1 Å². The molecule has 1 fully saturated rings. The van der Waals surface area contributed by atoms with Crippen molar-refractivity contribution in [2.75, 3.05) is 26.2 Å². The number of hydrogen-bond acceptors (Lipinski definition) is 5. The van der Waals surface area contributed by atoms with Gasteiger partial charge in [-0.1, -0.05) is 47.5 Å². The first-order valence-corrected chi connectivity index (χ1v) is 14.4. The monoisotopic (exact) mass is 594 g/mol. The number of amides is 3. The van der Waals surface area contributed by atoms with Gasteiger partial charge in [0.2, 0.25) is 5.91 Å². The summed E-state index contributed by atoms with van der Waals surface area (Å²) in [7, 11) is 0. The van der Waals surface area contributed by atoms with E-state index < -0.39 is 12.1 Å². The van der Waals surface area contributed by atoms with Crippen molar-refractivity contribution in [1.82, 2.24) is 15.1 Å². The van der Waals surface area contributed by atoms with Crippen LogP contribution in [0.1, 0.15) is 49.5 Å². The van der Waals surface area contributed by atoms with E-state index in [1.165, 1.54) is 0 Å². The molecule has 3 aromatic carbocycles. The summed E-state index contributed by atoms with van der Waals surface area (Å²) in [5, 5.41) is 3.98. The third kappa shape index (κ3) is 6.29. The van der Waals surface area contributed by atoms with Crippen molar-refractivity contribution >= 4 is 41.0 Å². The topological polar surface area (TPSA) is 83.5 Å². The van der Waals surface area contributed by atoms with Gasteiger partial charge in [0.05, 0.1) is 24.3 Å². The van der Waals surface area contributed by atoms with Crippen LogP contribution in [0, 0.1) is 0 Å². The molecule has 5 rings (SSSR count). The first-order chi connectivity index (χ1) is 19.7. The number of piperazine rings is 1. The summed E-state index contributed by atoms with van der Waals surface area (Å²) in [5.74, 6) is 1.44. The van der Waals surface area contributed by atoms with Gasteiger partial charge in [-0.3, -0.25) is 14.7 Å². The van der Waals surface area contributed by atoms with Crippen LogP contribution < -0.4 is 14.8 Å². The standard InChI is InChI=1S/C31H32Cl2N4O4/c1-4-40-24-13-14-25(26(17-24)41-19(2)3)30-35-28(20-5-9-22(32)10-6-20)29(21-7-11-23(33)12-8-21)37(30)31(39)36-16-15-34-27(38)18-36/h5-14,17,19,28-29H,4,15-16,18H2,1-3H3,(H,34,38). The molecule has 0 saturated carbocycles. The van der Waals surface area contributed by atoms with Crippen LogP contribution in [0.2, 0.25) is 10.0 Å². The molecule has 1 N–H and O–H groups in total. The summed E-state index contributed by atoms with van der Waals surface area (Å²) in [5.41, 5.74) is 2.38. The molecule has 2 aliphatic rings. The normalized spacial score (nSPS) is 18.8. The van der Waals surface area contributed by atoms with Gasteiger partial charge in [0.25, 0.3) is 0 Å². The van der Waals surface area contributed by atoms with Gasteiger partial charge in [0.1, 0.15) is 29.9 Å². The SMILES string of the molecule is CCOc1ccc(C2=NC(c3ccc(Cl)cc3)C(c3ccc(Cl)cc3)N2C(=O)N2CCNC(=O)C2)c(OC(C)C)c1. The summed E-state index contributed by atoms with van der Waals surface area (Å²) in [6, 6.07) is 19.1. The van der Waals surface area contributed by atoms with Crippen LogP contribution in [0.15, 0.2) is 71.7 Å². The van der Waals surface area contributed by atoms with E-state index in [0.29, 0.717) is 52.6 Å². The fraction of sp³-hybridized carbons (Fsp3) is 0.323. The third-order valence-corrected chi connectivity index (χ3v) is 7.38. The molecule has 8 nitrogen and oxygen atoms in total. The number of halogens is 2. The molecular formula is C31H32Cl2N4O4. The van der Waals surface area contributed by atoms with Crippen LogP contribution in [-0.2, 0) is 4.79 Å². The molecular weight excluding hydrogens is 563 g/mol. The summed E-state index contributed by atoms with van der Waals surface area (Å²) in [6.07, 6.45) is -0.137. The zero-order chi connectivity index (χ0) is 29.1. The lowest BCUT2D eigenvalue weighted by Gasteiger charge is -2.36. The number of rotatable bonds is 7. The van der Waals surface area contributed by atoms with Crippen LogP contribution in [0.25, 0.3) is 0 Å². The van der Waals surface area contributed by atoms with Crippen molar-refractivity contribution in [2.45, 2.75) is 39.0 Å². The van der Waals surface area contributed by atoms with Gasteiger partial charge in [-0.25, -0.2) is 4.79 Å². The van der Waals surface area contributed by atoms with Crippen molar-refractivity contribution in [3.8, 4) is 11.5 Å². The zero-order valence-corrected chi connectivity index (χ0v) is 24.7. The molecule has 41 heavy (non-hydrogen) atoms. The van der Waals surface area contributed by atoms with E-state index in [0.717, 1.165) is 11.1 Å². The minimum atomic E-state index is -0.528. The highest BCUT2D eigenvalue weighted by Crippen LogP contribution is 2.46. The maximum Gasteiger partial charge on any atom is 0.326 e. The second-order valence-corrected chi connectivity index (χ2v) is 11.0. The lowest BCUT2D eigenvalue weighted by atomic mass is 9.93. The number of nitrogens with one attached hydrogen (secondary N) is 1. The molecule has 3 aromatic rings. The first kappa shape index (κ1) is 28.8. The first-order valence-electron chi connectivity index (χ1n) is 13.6. The van der Waals surface area contributed by atoms with E-state index in [9.17, 15) is 9.59 Å². The van der Waals surface area contributed by atoms with Gasteiger partial charge in [0, 0.05) is 29.2 Å². The number of aliphatic imine (C=N–C) groups is 1. The van der Waals surface area contributed by atoms with E-state index in [2.05, 4.69) is 5.32 Å². The molecule has 0 bridgehead atoms. The molecule has 2 unspecified atom stereocenters. The molecule has 3 amide bonds. The van der Waals surface area contributed by atoms with Gasteiger partial charge >= 0.3 is 6.03 Å². The average molecular weight is 596 g/mol. The Bertz CT molecular complexity index is 1440. The Morgan fingerprint density at radius 2 is 1.68 bits per heavy atom. The van der Waals surface area contributed by atoms with Crippen LogP contribution in [0.4, 0.5) is 4.79 Å². The Labute approximate surface area is 249 Å². The lowest BCUT2D eigenvalue weighted by molar-refractivity contribution is -0.123. The van der Waals surface area contributed by atoms with Crippen molar-refractivity contribution in [1.29, 1.82) is 0 Å². The Morgan fingerprint density at radius 1 is 1.02 bits per heavy atom. The van der Waals surface area contributed by atoms with E-state index in [4.69, 9.17) is 37.7 Å². The number of ether oxygens (including phenoxy) is 2. The summed E-state index contributed by atoms with van der Waals surface area (Å²) < 4.78 is 12.0. The summed E-state index contributed by atoms with van der Waals surface area (Å²) in [4.78, 5) is 35.1. The number of amidine groups is 1. The van der Waals surface area contributed by atoms with Gasteiger partial charge < -0.3 is 19.7 Å². The maximum atomic E-state index is 14.4. The Kier molecular flexibility index (Phi) is 8.71. The second kappa shape index (κ2) is 12.4. The number of benzene rings is 3. The smallest absolute Gasteiger partial charge is 0.326 e. The highest BCUT2D eigenvalue weighted by Gasteiger charge is 2.45. The van der Waals surface area contributed by atoms with Gasteiger partial charge in [-0.05, 0) is 68.3 Å². The van der Waals surface area contributed by atoms with E-state index in [1.807, 2.05) is 75.4 Å². The molecule has 0 spiro atoms. The van der Waals surface area contributed by atoms with Gasteiger partial charge in [-0.2, -0.15) is 0 Å². The minimum Gasteiger partial charge on any atom is -0.494 e. The van der Waals surface area contributed by atoms with Crippen LogP contribution in [0.5, 0.6) is 11.5 Å². The quantitative estimate of drug-likeness (QED) is 0.349. The highest BCUT2D eigenvalue weighted by molar-refractivity contribution is 6.30. The van der Waals surface area contributed by atoms with Gasteiger partial charge in [0.15, 0.2) is 0 Å². The molecule has 0 radical (unpaired) electrons.